The molecule has 1 saturated heterocycles. The van der Waals surface area contributed by atoms with Crippen LogP contribution in [0.2, 0.25) is 0 Å². The van der Waals surface area contributed by atoms with E-state index in [2.05, 4.69) is 10.2 Å². The summed E-state index contributed by atoms with van der Waals surface area (Å²) in [5.41, 5.74) is 3.76. The van der Waals surface area contributed by atoms with Gasteiger partial charge in [-0.2, -0.15) is 0 Å². The maximum absolute atomic E-state index is 13.6. The highest BCUT2D eigenvalue weighted by molar-refractivity contribution is 6.06. The van der Waals surface area contributed by atoms with Crippen molar-refractivity contribution in [2.45, 2.75) is 19.9 Å². The topological polar surface area (TPSA) is 105 Å². The zero-order valence-corrected chi connectivity index (χ0v) is 21.5. The lowest BCUT2D eigenvalue weighted by molar-refractivity contribution is -0.384. The van der Waals surface area contributed by atoms with E-state index in [1.54, 1.807) is 4.90 Å². The number of nitro groups is 1. The third-order valence-corrected chi connectivity index (χ3v) is 6.47. The molecule has 198 valence electrons. The Morgan fingerprint density at radius 2 is 1.71 bits per heavy atom. The van der Waals surface area contributed by atoms with Crippen LogP contribution in [0.1, 0.15) is 27.0 Å². The fourth-order valence-corrected chi connectivity index (χ4v) is 4.30. The monoisotopic (exact) mass is 516 g/mol. The van der Waals surface area contributed by atoms with Crippen LogP contribution in [0, 0.1) is 17.0 Å². The molecule has 1 aliphatic rings. The molecular weight excluding hydrogens is 484 g/mol. The minimum absolute atomic E-state index is 0.0757. The third-order valence-electron chi connectivity index (χ3n) is 6.47. The Hall–Kier alpha value is -4.08. The molecule has 2 amide bonds. The van der Waals surface area contributed by atoms with E-state index in [9.17, 15) is 19.7 Å². The summed E-state index contributed by atoms with van der Waals surface area (Å²) in [7, 11) is 0. The number of aryl methyl sites for hydroxylation is 1. The van der Waals surface area contributed by atoms with Gasteiger partial charge < -0.3 is 15.0 Å². The van der Waals surface area contributed by atoms with Gasteiger partial charge in [0.1, 0.15) is 0 Å². The second-order valence-corrected chi connectivity index (χ2v) is 9.33. The number of carbonyl (C=O) groups is 2. The molecule has 0 aliphatic carbocycles. The average Bonchev–Trinajstić information content (AvgIpc) is 2.93. The summed E-state index contributed by atoms with van der Waals surface area (Å²) >= 11 is 0. The standard InChI is InChI=1S/C29H32N4O5/c1-22-5-7-23(8-6-22)21-32(29(35)25-9-11-26(12-10-25)33(36)37)27-4-2-3-24(19-27)20-28(34)30-13-14-31-15-17-38-18-16-31/h2-12,19H,13-18,20-21H2,1H3,(H,30,34). The number of hydrogen-bond acceptors (Lipinski definition) is 6. The minimum Gasteiger partial charge on any atom is -0.379 e. The van der Waals surface area contributed by atoms with Crippen molar-refractivity contribution in [3.63, 3.8) is 0 Å². The van der Waals surface area contributed by atoms with Gasteiger partial charge in [0, 0.05) is 49.6 Å². The molecular formula is C29H32N4O5. The molecule has 0 saturated carbocycles. The summed E-state index contributed by atoms with van der Waals surface area (Å²) in [6, 6.07) is 20.9. The number of hydrogen-bond donors (Lipinski definition) is 1. The van der Waals surface area contributed by atoms with Crippen molar-refractivity contribution in [3.8, 4) is 0 Å². The third kappa shape index (κ3) is 7.47. The van der Waals surface area contributed by atoms with Crippen LogP contribution >= 0.6 is 0 Å². The molecule has 1 heterocycles. The number of nitro benzene ring substituents is 1. The number of benzene rings is 3. The molecule has 0 unspecified atom stereocenters. The highest BCUT2D eigenvalue weighted by Gasteiger charge is 2.20. The van der Waals surface area contributed by atoms with E-state index in [0.717, 1.165) is 49.5 Å². The van der Waals surface area contributed by atoms with E-state index in [-0.39, 0.29) is 23.9 Å². The molecule has 3 aromatic carbocycles. The van der Waals surface area contributed by atoms with Crippen LogP contribution in [0.4, 0.5) is 11.4 Å². The first-order chi connectivity index (χ1) is 18.4. The molecule has 9 nitrogen and oxygen atoms in total. The normalized spacial score (nSPS) is 13.6. The van der Waals surface area contributed by atoms with Crippen LogP contribution in [0.25, 0.3) is 0 Å². The Labute approximate surface area is 222 Å². The van der Waals surface area contributed by atoms with E-state index >= 15 is 0 Å². The molecule has 1 fully saturated rings. The minimum atomic E-state index is -0.492. The number of morpholine rings is 1. The summed E-state index contributed by atoms with van der Waals surface area (Å²) in [6.45, 7) is 6.84. The predicted molar refractivity (Wildman–Crippen MR) is 145 cm³/mol. The molecule has 3 aromatic rings. The van der Waals surface area contributed by atoms with Gasteiger partial charge in [0.05, 0.1) is 31.1 Å². The van der Waals surface area contributed by atoms with E-state index < -0.39 is 4.92 Å². The number of carbonyl (C=O) groups excluding carboxylic acids is 2. The molecule has 0 spiro atoms. The van der Waals surface area contributed by atoms with E-state index in [4.69, 9.17) is 4.74 Å². The summed E-state index contributed by atoms with van der Waals surface area (Å²) in [4.78, 5) is 40.6. The molecule has 9 heteroatoms. The van der Waals surface area contributed by atoms with Gasteiger partial charge in [-0.1, -0.05) is 42.0 Å². The van der Waals surface area contributed by atoms with Gasteiger partial charge >= 0.3 is 0 Å². The Bertz CT molecular complexity index is 1250. The van der Waals surface area contributed by atoms with Crippen molar-refractivity contribution in [2.75, 3.05) is 44.3 Å². The number of non-ortho nitro benzene ring substituents is 1. The van der Waals surface area contributed by atoms with Crippen LogP contribution in [-0.2, 0) is 22.5 Å². The van der Waals surface area contributed by atoms with Crippen LogP contribution in [0.5, 0.6) is 0 Å². The lowest BCUT2D eigenvalue weighted by Crippen LogP contribution is -2.41. The SMILES string of the molecule is Cc1ccc(CN(C(=O)c2ccc([N+](=O)[O-])cc2)c2cccc(CC(=O)NCCN3CCOCC3)c2)cc1. The molecule has 38 heavy (non-hydrogen) atoms. The highest BCUT2D eigenvalue weighted by atomic mass is 16.6. The number of amides is 2. The lowest BCUT2D eigenvalue weighted by atomic mass is 10.1. The Morgan fingerprint density at radius 1 is 1.00 bits per heavy atom. The smallest absolute Gasteiger partial charge is 0.269 e. The van der Waals surface area contributed by atoms with Crippen LogP contribution in [-0.4, -0.2) is 61.0 Å². The quantitative estimate of drug-likeness (QED) is 0.325. The molecule has 0 radical (unpaired) electrons. The predicted octanol–water partition coefficient (Wildman–Crippen LogP) is 3.74. The zero-order valence-electron chi connectivity index (χ0n) is 21.5. The fraction of sp³-hybridized carbons (Fsp3) is 0.310. The van der Waals surface area contributed by atoms with Crippen molar-refractivity contribution in [1.29, 1.82) is 0 Å². The zero-order chi connectivity index (χ0) is 26.9. The van der Waals surface area contributed by atoms with Gasteiger partial charge in [0.15, 0.2) is 0 Å². The molecule has 0 atom stereocenters. The van der Waals surface area contributed by atoms with Crippen molar-refractivity contribution in [3.05, 3.63) is 105 Å². The molecule has 0 aromatic heterocycles. The van der Waals surface area contributed by atoms with Crippen molar-refractivity contribution in [2.24, 2.45) is 0 Å². The van der Waals surface area contributed by atoms with Crippen molar-refractivity contribution < 1.29 is 19.2 Å². The van der Waals surface area contributed by atoms with E-state index in [1.807, 2.05) is 55.5 Å². The molecule has 4 rings (SSSR count). The molecule has 0 bridgehead atoms. The fourth-order valence-electron chi connectivity index (χ4n) is 4.30. The Morgan fingerprint density at radius 3 is 2.39 bits per heavy atom. The van der Waals surface area contributed by atoms with Crippen molar-refractivity contribution in [1.82, 2.24) is 10.2 Å². The summed E-state index contributed by atoms with van der Waals surface area (Å²) < 4.78 is 5.35. The van der Waals surface area contributed by atoms with E-state index in [1.165, 1.54) is 24.3 Å². The number of nitrogens with one attached hydrogen (secondary N) is 1. The number of rotatable bonds is 10. The maximum atomic E-state index is 13.6. The summed E-state index contributed by atoms with van der Waals surface area (Å²) in [5.74, 6) is -0.366. The first-order valence-electron chi connectivity index (χ1n) is 12.7. The molecule has 1 aliphatic heterocycles. The van der Waals surface area contributed by atoms with Gasteiger partial charge in [-0.05, 0) is 42.3 Å². The van der Waals surface area contributed by atoms with Gasteiger partial charge in [-0.3, -0.25) is 24.6 Å². The van der Waals surface area contributed by atoms with Crippen molar-refractivity contribution >= 4 is 23.2 Å². The maximum Gasteiger partial charge on any atom is 0.269 e. The van der Waals surface area contributed by atoms with Crippen LogP contribution < -0.4 is 10.2 Å². The Balaban J connectivity index is 1.49. The van der Waals surface area contributed by atoms with Gasteiger partial charge in [0.25, 0.3) is 11.6 Å². The second kappa shape index (κ2) is 12.9. The number of anilines is 1. The van der Waals surface area contributed by atoms with Gasteiger partial charge in [-0.25, -0.2) is 0 Å². The first-order valence-corrected chi connectivity index (χ1v) is 12.7. The van der Waals surface area contributed by atoms with Gasteiger partial charge in [0.2, 0.25) is 5.91 Å². The van der Waals surface area contributed by atoms with Gasteiger partial charge in [-0.15, -0.1) is 0 Å². The second-order valence-electron chi connectivity index (χ2n) is 9.33. The van der Waals surface area contributed by atoms with E-state index in [0.29, 0.717) is 24.3 Å². The van der Waals surface area contributed by atoms with Crippen LogP contribution in [0.3, 0.4) is 0 Å². The first kappa shape index (κ1) is 27.0. The number of ether oxygens (including phenoxy) is 1. The Kier molecular flexibility index (Phi) is 9.18. The molecule has 1 N–H and O–H groups in total. The summed E-state index contributed by atoms with van der Waals surface area (Å²) in [6.07, 6.45) is 0.195. The summed E-state index contributed by atoms with van der Waals surface area (Å²) in [5, 5.41) is 14.0. The highest BCUT2D eigenvalue weighted by Crippen LogP contribution is 2.23. The number of nitrogens with zero attached hydrogens (tertiary/aromatic N) is 3. The average molecular weight is 517 g/mol. The lowest BCUT2D eigenvalue weighted by Gasteiger charge is -2.26. The van der Waals surface area contributed by atoms with Crippen LogP contribution in [0.15, 0.2) is 72.8 Å². The largest absolute Gasteiger partial charge is 0.379 e.